The summed E-state index contributed by atoms with van der Waals surface area (Å²) in [5, 5.41) is 0. The molecule has 1 heterocycles. The second-order valence-corrected chi connectivity index (χ2v) is 6.31. The van der Waals surface area contributed by atoms with E-state index in [-0.39, 0.29) is 4.66 Å². The molecule has 15 heavy (non-hydrogen) atoms. The fourth-order valence-electron chi connectivity index (χ4n) is 1.49. The molecular formula is C9H10BrNO3S. The number of anilines is 1. The molecule has 0 radical (unpaired) electrons. The van der Waals surface area contributed by atoms with Crippen LogP contribution in [0.25, 0.3) is 0 Å². The van der Waals surface area contributed by atoms with Gasteiger partial charge in [-0.3, -0.25) is 4.31 Å². The van der Waals surface area contributed by atoms with E-state index in [4.69, 9.17) is 4.74 Å². The van der Waals surface area contributed by atoms with E-state index in [9.17, 15) is 8.42 Å². The van der Waals surface area contributed by atoms with Gasteiger partial charge in [-0.1, -0.05) is 28.1 Å². The zero-order valence-corrected chi connectivity index (χ0v) is 10.3. The van der Waals surface area contributed by atoms with Crippen molar-refractivity contribution in [3.8, 4) is 5.75 Å². The topological polar surface area (TPSA) is 46.6 Å². The molecule has 0 aromatic heterocycles. The molecule has 0 N–H and O–H groups in total. The van der Waals surface area contributed by atoms with E-state index in [0.717, 1.165) is 0 Å². The summed E-state index contributed by atoms with van der Waals surface area (Å²) in [5.41, 5.74) is 0.614. The highest BCUT2D eigenvalue weighted by Crippen LogP contribution is 2.33. The third-order valence-electron chi connectivity index (χ3n) is 2.16. The molecule has 2 rings (SSSR count). The van der Waals surface area contributed by atoms with E-state index in [1.807, 2.05) is 6.07 Å². The molecule has 1 aliphatic heterocycles. The first-order chi connectivity index (χ1) is 7.15. The number of benzene rings is 1. The number of para-hydroxylation sites is 2. The van der Waals surface area contributed by atoms with Crippen LogP contribution >= 0.6 is 15.9 Å². The van der Waals surface area contributed by atoms with E-state index in [1.54, 1.807) is 18.2 Å². The number of hydrogen-bond donors (Lipinski definition) is 0. The van der Waals surface area contributed by atoms with Crippen LogP contribution in [0.1, 0.15) is 0 Å². The van der Waals surface area contributed by atoms with Crippen molar-refractivity contribution in [2.75, 3.05) is 22.1 Å². The van der Waals surface area contributed by atoms with E-state index >= 15 is 0 Å². The van der Waals surface area contributed by atoms with Crippen molar-refractivity contribution < 1.29 is 13.2 Å². The Bertz CT molecular complexity index is 460. The first-order valence-electron chi connectivity index (χ1n) is 4.43. The molecule has 6 heteroatoms. The Morgan fingerprint density at radius 3 is 2.87 bits per heavy atom. The van der Waals surface area contributed by atoms with Crippen LogP contribution in [0.15, 0.2) is 24.3 Å². The standard InChI is InChI=1S/C9H10BrNO3S/c10-7-15(12,13)11-5-6-14-9-4-2-1-3-8(9)11/h1-4H,5-7H2. The molecule has 0 saturated heterocycles. The zero-order chi connectivity index (χ0) is 10.9. The number of fused-ring (bicyclic) bond motifs is 1. The Kier molecular flexibility index (Phi) is 2.88. The number of alkyl halides is 1. The van der Waals surface area contributed by atoms with Crippen molar-refractivity contribution >= 4 is 31.6 Å². The van der Waals surface area contributed by atoms with Crippen molar-refractivity contribution in [1.82, 2.24) is 0 Å². The summed E-state index contributed by atoms with van der Waals surface area (Å²) in [5.74, 6) is 0.619. The highest BCUT2D eigenvalue weighted by atomic mass is 79.9. The van der Waals surface area contributed by atoms with Crippen LogP contribution < -0.4 is 9.04 Å². The van der Waals surface area contributed by atoms with Crippen LogP contribution in [0.4, 0.5) is 5.69 Å². The first-order valence-corrected chi connectivity index (χ1v) is 7.16. The average molecular weight is 292 g/mol. The smallest absolute Gasteiger partial charge is 0.245 e. The van der Waals surface area contributed by atoms with Gasteiger partial charge in [-0.25, -0.2) is 8.42 Å². The molecular weight excluding hydrogens is 282 g/mol. The lowest BCUT2D eigenvalue weighted by atomic mass is 10.2. The Balaban J connectivity index is 2.47. The number of nitrogens with zero attached hydrogens (tertiary/aromatic N) is 1. The second-order valence-electron chi connectivity index (χ2n) is 3.11. The lowest BCUT2D eigenvalue weighted by Crippen LogP contribution is -2.38. The molecule has 0 aliphatic carbocycles. The Hall–Kier alpha value is -0.750. The van der Waals surface area contributed by atoms with Crippen LogP contribution in [0.5, 0.6) is 5.75 Å². The van der Waals surface area contributed by atoms with Gasteiger partial charge in [0.05, 0.1) is 12.2 Å². The fraction of sp³-hybridized carbons (Fsp3) is 0.333. The molecule has 82 valence electrons. The summed E-state index contributed by atoms with van der Waals surface area (Å²) in [6.45, 7) is 0.758. The number of rotatable bonds is 2. The molecule has 0 atom stereocenters. The Morgan fingerprint density at radius 2 is 2.13 bits per heavy atom. The Labute approximate surface area is 97.0 Å². The SMILES string of the molecule is O=S(=O)(CBr)N1CCOc2ccccc21. The second kappa shape index (κ2) is 4.02. The van der Waals surface area contributed by atoms with E-state index in [0.29, 0.717) is 24.6 Å². The minimum Gasteiger partial charge on any atom is -0.489 e. The zero-order valence-electron chi connectivity index (χ0n) is 7.89. The maximum Gasteiger partial charge on any atom is 0.245 e. The molecule has 0 unspecified atom stereocenters. The predicted octanol–water partition coefficient (Wildman–Crippen LogP) is 1.57. The van der Waals surface area contributed by atoms with E-state index < -0.39 is 10.0 Å². The lowest BCUT2D eigenvalue weighted by molar-refractivity contribution is 0.316. The summed E-state index contributed by atoms with van der Waals surface area (Å²) in [7, 11) is -3.26. The van der Waals surface area contributed by atoms with Gasteiger partial charge in [0.2, 0.25) is 10.0 Å². The van der Waals surface area contributed by atoms with Gasteiger partial charge in [0.15, 0.2) is 0 Å². The summed E-state index contributed by atoms with van der Waals surface area (Å²) in [4.78, 5) is 0. The molecule has 4 nitrogen and oxygen atoms in total. The van der Waals surface area contributed by atoms with E-state index in [2.05, 4.69) is 15.9 Å². The molecule has 0 amide bonds. The largest absolute Gasteiger partial charge is 0.489 e. The predicted molar refractivity (Wildman–Crippen MR) is 62.0 cm³/mol. The maximum absolute atomic E-state index is 11.7. The van der Waals surface area contributed by atoms with Crippen LogP contribution in [0.3, 0.4) is 0 Å². The monoisotopic (exact) mass is 291 g/mol. The van der Waals surface area contributed by atoms with Gasteiger partial charge in [-0.05, 0) is 12.1 Å². The summed E-state index contributed by atoms with van der Waals surface area (Å²) >= 11 is 2.99. The normalized spacial score (nSPS) is 15.7. The number of halogens is 1. The fourth-order valence-corrected chi connectivity index (χ4v) is 3.15. The number of sulfonamides is 1. The maximum atomic E-state index is 11.7. The number of ether oxygens (including phenoxy) is 1. The van der Waals surface area contributed by atoms with Crippen molar-refractivity contribution in [3.63, 3.8) is 0 Å². The van der Waals surface area contributed by atoms with Gasteiger partial charge in [-0.2, -0.15) is 0 Å². The molecule has 0 saturated carbocycles. The lowest BCUT2D eigenvalue weighted by Gasteiger charge is -2.29. The minimum absolute atomic E-state index is 0.0751. The van der Waals surface area contributed by atoms with Crippen molar-refractivity contribution in [3.05, 3.63) is 24.3 Å². The summed E-state index contributed by atoms with van der Waals surface area (Å²) in [6, 6.07) is 7.13. The van der Waals surface area contributed by atoms with Crippen molar-refractivity contribution in [1.29, 1.82) is 0 Å². The highest BCUT2D eigenvalue weighted by Gasteiger charge is 2.26. The van der Waals surface area contributed by atoms with Gasteiger partial charge in [0, 0.05) is 0 Å². The van der Waals surface area contributed by atoms with Crippen molar-refractivity contribution in [2.45, 2.75) is 0 Å². The van der Waals surface area contributed by atoms with Crippen molar-refractivity contribution in [2.24, 2.45) is 0 Å². The van der Waals surface area contributed by atoms with Gasteiger partial charge >= 0.3 is 0 Å². The third kappa shape index (κ3) is 1.96. The summed E-state index contributed by atoms with van der Waals surface area (Å²) in [6.07, 6.45) is 0. The quantitative estimate of drug-likeness (QED) is 0.777. The third-order valence-corrected chi connectivity index (χ3v) is 5.22. The number of hydrogen-bond acceptors (Lipinski definition) is 3. The highest BCUT2D eigenvalue weighted by molar-refractivity contribution is 9.10. The average Bonchev–Trinajstić information content (AvgIpc) is 2.28. The molecule has 0 fully saturated rings. The van der Waals surface area contributed by atoms with Crippen LogP contribution in [0.2, 0.25) is 0 Å². The van der Waals surface area contributed by atoms with Gasteiger partial charge < -0.3 is 4.74 Å². The molecule has 0 spiro atoms. The first kappa shape index (κ1) is 10.8. The molecule has 1 aliphatic rings. The summed E-state index contributed by atoms with van der Waals surface area (Å²) < 4.78 is 30.2. The van der Waals surface area contributed by atoms with Gasteiger partial charge in [-0.15, -0.1) is 0 Å². The Morgan fingerprint density at radius 1 is 1.40 bits per heavy atom. The minimum atomic E-state index is -3.26. The van der Waals surface area contributed by atoms with Gasteiger partial charge in [0.1, 0.15) is 17.0 Å². The van der Waals surface area contributed by atoms with Crippen LogP contribution in [-0.4, -0.2) is 26.2 Å². The van der Waals surface area contributed by atoms with E-state index in [1.165, 1.54) is 4.31 Å². The van der Waals surface area contributed by atoms with Crippen LogP contribution in [-0.2, 0) is 10.0 Å². The van der Waals surface area contributed by atoms with Gasteiger partial charge in [0.25, 0.3) is 0 Å². The molecule has 0 bridgehead atoms. The molecule has 1 aromatic rings. The van der Waals surface area contributed by atoms with Crippen LogP contribution in [0, 0.1) is 0 Å². The molecule has 1 aromatic carbocycles.